The summed E-state index contributed by atoms with van der Waals surface area (Å²) >= 11 is 6.90. The van der Waals surface area contributed by atoms with E-state index < -0.39 is 6.24 Å². The van der Waals surface area contributed by atoms with Gasteiger partial charge < -0.3 is 0 Å². The zero-order valence-electron chi connectivity index (χ0n) is 10.8. The van der Waals surface area contributed by atoms with Gasteiger partial charge in [0.15, 0.2) is 0 Å². The Morgan fingerprint density at radius 1 is 0.929 bits per heavy atom. The van der Waals surface area contributed by atoms with Gasteiger partial charge in [-0.15, -0.1) is 0 Å². The van der Waals surface area contributed by atoms with Crippen LogP contribution in [0.4, 0.5) is 0 Å². The van der Waals surface area contributed by atoms with Gasteiger partial charge in [0, 0.05) is 0 Å². The quantitative estimate of drug-likeness (QED) is 0.622. The van der Waals surface area contributed by atoms with Gasteiger partial charge in [0.05, 0.1) is 0 Å². The molecule has 0 amide bonds. The number of halogens is 1. The zero-order chi connectivity index (χ0) is 11.8. The lowest BCUT2D eigenvalue weighted by molar-refractivity contribution is 0.646. The van der Waals surface area contributed by atoms with Crippen LogP contribution in [0.5, 0.6) is 0 Å². The minimum absolute atomic E-state index is 0.150. The van der Waals surface area contributed by atoms with E-state index in [-0.39, 0.29) is 10.3 Å². The van der Waals surface area contributed by atoms with Crippen molar-refractivity contribution in [1.82, 2.24) is 4.90 Å². The molecule has 0 unspecified atom stereocenters. The lowest BCUT2D eigenvalue weighted by Gasteiger charge is -2.43. The highest BCUT2D eigenvalue weighted by Gasteiger charge is 2.40. The summed E-state index contributed by atoms with van der Waals surface area (Å²) in [6, 6.07) is 0. The van der Waals surface area contributed by atoms with E-state index in [1.54, 1.807) is 0 Å². The maximum absolute atomic E-state index is 6.90. The van der Waals surface area contributed by atoms with Crippen molar-refractivity contribution >= 4 is 23.4 Å². The van der Waals surface area contributed by atoms with Crippen LogP contribution in [-0.4, -0.2) is 35.2 Å². The molecule has 0 aliphatic carbocycles. The van der Waals surface area contributed by atoms with E-state index in [4.69, 9.17) is 11.2 Å². The monoisotopic (exact) mass is 237 g/mol. The first-order valence-corrected chi connectivity index (χ1v) is 7.79. The second-order valence-electron chi connectivity index (χ2n) is 6.06. The molecule has 1 nitrogen and oxygen atoms in total. The molecular formula is C11H25ClNP. The van der Waals surface area contributed by atoms with Gasteiger partial charge in [-0.3, -0.25) is 4.90 Å². The van der Waals surface area contributed by atoms with E-state index in [1.807, 2.05) is 0 Å². The first-order valence-electron chi connectivity index (χ1n) is 5.03. The molecule has 0 bridgehead atoms. The Bertz CT molecular complexity index is 225. The molecule has 0 saturated carbocycles. The summed E-state index contributed by atoms with van der Waals surface area (Å²) in [4.78, 5) is 2.09. The molecule has 14 heavy (non-hydrogen) atoms. The average molecular weight is 238 g/mol. The Kier molecular flexibility index (Phi) is 4.36. The zero-order valence-corrected chi connectivity index (χ0v) is 12.5. The van der Waals surface area contributed by atoms with Gasteiger partial charge in [-0.05, 0) is 36.6 Å². The van der Waals surface area contributed by atoms with Gasteiger partial charge in [0.2, 0.25) is 0 Å². The van der Waals surface area contributed by atoms with Crippen LogP contribution in [0.25, 0.3) is 0 Å². The van der Waals surface area contributed by atoms with E-state index >= 15 is 0 Å². The highest BCUT2D eigenvalue weighted by Crippen LogP contribution is 2.71. The number of nitrogens with zero attached hydrogens (tertiary/aromatic N) is 1. The summed E-state index contributed by atoms with van der Waals surface area (Å²) < 4.78 is 0. The van der Waals surface area contributed by atoms with Gasteiger partial charge >= 0.3 is 0 Å². The van der Waals surface area contributed by atoms with Crippen LogP contribution in [0.1, 0.15) is 41.5 Å². The highest BCUT2D eigenvalue weighted by molar-refractivity contribution is 7.99. The topological polar surface area (TPSA) is 3.24 Å². The molecule has 3 heteroatoms. The van der Waals surface area contributed by atoms with E-state index in [1.165, 1.54) is 0 Å². The van der Waals surface area contributed by atoms with Crippen molar-refractivity contribution in [2.45, 2.75) is 51.9 Å². The Morgan fingerprint density at radius 3 is 1.29 bits per heavy atom. The Labute approximate surface area is 94.6 Å². The molecule has 0 aromatic rings. The van der Waals surface area contributed by atoms with E-state index in [0.29, 0.717) is 0 Å². The molecule has 0 aromatic carbocycles. The molecular weight excluding hydrogens is 213 g/mol. The SMILES string of the molecule is CN(C)C=P(Cl)(C(C)(C)C)C(C)(C)C. The van der Waals surface area contributed by atoms with Crippen molar-refractivity contribution < 1.29 is 0 Å². The van der Waals surface area contributed by atoms with E-state index in [0.717, 1.165) is 0 Å². The maximum Gasteiger partial charge on any atom is -0.000484 e. The summed E-state index contributed by atoms with van der Waals surface area (Å²) in [7, 11) is 4.10. The lowest BCUT2D eigenvalue weighted by atomic mass is 10.2. The lowest BCUT2D eigenvalue weighted by Crippen LogP contribution is -2.29. The van der Waals surface area contributed by atoms with Gasteiger partial charge in [0.1, 0.15) is 0 Å². The van der Waals surface area contributed by atoms with E-state index in [2.05, 4.69) is 66.5 Å². The van der Waals surface area contributed by atoms with Crippen molar-refractivity contribution in [3.05, 3.63) is 0 Å². The first kappa shape index (κ1) is 14.6. The van der Waals surface area contributed by atoms with E-state index in [9.17, 15) is 0 Å². The summed E-state index contributed by atoms with van der Waals surface area (Å²) in [5, 5.41) is 0.300. The Morgan fingerprint density at radius 2 is 1.21 bits per heavy atom. The molecule has 0 aliphatic rings. The molecule has 0 atom stereocenters. The molecule has 0 aliphatic heterocycles. The van der Waals surface area contributed by atoms with Crippen LogP contribution in [0, 0.1) is 0 Å². The molecule has 0 saturated heterocycles. The van der Waals surface area contributed by atoms with Gasteiger partial charge in [-0.1, -0.05) is 52.8 Å². The molecule has 0 rings (SSSR count). The average Bonchev–Trinajstić information content (AvgIpc) is 1.79. The predicted molar refractivity (Wildman–Crippen MR) is 72.0 cm³/mol. The third-order valence-corrected chi connectivity index (χ3v) is 10.3. The Balaban J connectivity index is 5.54. The van der Waals surface area contributed by atoms with Crippen LogP contribution in [0.2, 0.25) is 0 Å². The van der Waals surface area contributed by atoms with Gasteiger partial charge in [-0.2, -0.15) is 0 Å². The third-order valence-electron chi connectivity index (χ3n) is 2.34. The van der Waals surface area contributed by atoms with Crippen LogP contribution < -0.4 is 0 Å². The van der Waals surface area contributed by atoms with Crippen molar-refractivity contribution in [2.75, 3.05) is 14.1 Å². The maximum atomic E-state index is 6.90. The third kappa shape index (κ3) is 3.02. The van der Waals surface area contributed by atoms with Crippen LogP contribution >= 0.6 is 17.5 Å². The van der Waals surface area contributed by atoms with Crippen LogP contribution in [0.15, 0.2) is 0 Å². The van der Waals surface area contributed by atoms with Crippen molar-refractivity contribution in [1.29, 1.82) is 0 Å². The fraction of sp³-hybridized carbons (Fsp3) is 0.909. The second kappa shape index (κ2) is 4.20. The van der Waals surface area contributed by atoms with Gasteiger partial charge in [-0.25, -0.2) is 0 Å². The molecule has 0 heterocycles. The van der Waals surface area contributed by atoms with Crippen LogP contribution in [-0.2, 0) is 0 Å². The molecule has 0 fully saturated rings. The fourth-order valence-electron chi connectivity index (χ4n) is 1.67. The summed E-state index contributed by atoms with van der Waals surface area (Å²) in [5.74, 6) is 2.23. The number of hydrogen-bond donors (Lipinski definition) is 0. The standard InChI is InChI=1S/C11H25ClNP/c1-10(2,3)14(12,9-13(7)8)11(4,5)6/h9H,1-8H3. The highest BCUT2D eigenvalue weighted by atomic mass is 35.7. The molecule has 0 N–H and O–H groups in total. The fourth-order valence-corrected chi connectivity index (χ4v) is 5.54. The predicted octanol–water partition coefficient (Wildman–Crippen LogP) is 4.08. The minimum Gasteiger partial charge on any atom is -0.286 e. The van der Waals surface area contributed by atoms with Crippen molar-refractivity contribution in [3.8, 4) is 0 Å². The molecule has 86 valence electrons. The van der Waals surface area contributed by atoms with Crippen LogP contribution in [0.3, 0.4) is 0 Å². The van der Waals surface area contributed by atoms with Crippen molar-refractivity contribution in [2.24, 2.45) is 0 Å². The Hall–Kier alpha value is 0.550. The van der Waals surface area contributed by atoms with Crippen molar-refractivity contribution in [3.63, 3.8) is 0 Å². The largest absolute Gasteiger partial charge is 0.286 e. The van der Waals surface area contributed by atoms with Gasteiger partial charge in [0.25, 0.3) is 0 Å². The number of rotatable bonds is 1. The summed E-state index contributed by atoms with van der Waals surface area (Å²) in [5.41, 5.74) is 0. The summed E-state index contributed by atoms with van der Waals surface area (Å²) in [6.07, 6.45) is -1.62. The number of hydrogen-bond acceptors (Lipinski definition) is 0. The first-order chi connectivity index (χ1) is 5.92. The minimum atomic E-state index is -1.62. The summed E-state index contributed by atoms with van der Waals surface area (Å²) in [6.45, 7) is 13.4. The molecule has 0 spiro atoms. The molecule has 0 radical (unpaired) electrons. The normalized spacial score (nSPS) is 14.7. The molecule has 0 aromatic heterocycles. The second-order valence-corrected chi connectivity index (χ2v) is 11.8. The smallest absolute Gasteiger partial charge is 0.000484 e.